The molecule has 2 rings (SSSR count). The Labute approximate surface area is 139 Å². The van der Waals surface area contributed by atoms with Gasteiger partial charge in [-0.05, 0) is 37.3 Å². The van der Waals surface area contributed by atoms with Crippen LogP contribution in [0.3, 0.4) is 0 Å². The number of nitrogens with zero attached hydrogens (tertiary/aromatic N) is 1. The number of para-hydroxylation sites is 1. The molecular formula is C17H26N2O3S. The van der Waals surface area contributed by atoms with Gasteiger partial charge >= 0.3 is 6.03 Å². The maximum Gasteiger partial charge on any atom is 0.322 e. The molecule has 1 aliphatic heterocycles. The van der Waals surface area contributed by atoms with Gasteiger partial charge in [0, 0.05) is 18.3 Å². The SMILES string of the molecule is CCc1cccc(CC)c1NC(=O)N(CC)C1CCS(=O)(=O)C1. The van der Waals surface area contributed by atoms with Crippen LogP contribution in [0.5, 0.6) is 0 Å². The summed E-state index contributed by atoms with van der Waals surface area (Å²) < 4.78 is 23.4. The van der Waals surface area contributed by atoms with Crippen LogP contribution in [0, 0.1) is 0 Å². The number of nitrogens with one attached hydrogen (secondary N) is 1. The molecule has 1 fully saturated rings. The summed E-state index contributed by atoms with van der Waals surface area (Å²) in [7, 11) is -3.00. The Bertz CT molecular complexity index is 648. The van der Waals surface area contributed by atoms with E-state index in [0.29, 0.717) is 13.0 Å². The van der Waals surface area contributed by atoms with Gasteiger partial charge in [0.05, 0.1) is 11.5 Å². The lowest BCUT2D eigenvalue weighted by atomic mass is 10.0. The number of hydrogen-bond acceptors (Lipinski definition) is 3. The van der Waals surface area contributed by atoms with E-state index in [1.54, 1.807) is 4.90 Å². The summed E-state index contributed by atoms with van der Waals surface area (Å²) in [5.74, 6) is 0.248. The first-order valence-corrected chi connectivity index (χ1v) is 10.1. The molecule has 23 heavy (non-hydrogen) atoms. The molecule has 0 spiro atoms. The second kappa shape index (κ2) is 7.34. The molecule has 1 heterocycles. The maximum atomic E-state index is 12.7. The van der Waals surface area contributed by atoms with Crippen LogP contribution in [-0.2, 0) is 22.7 Å². The number of anilines is 1. The minimum atomic E-state index is -3.00. The molecule has 1 aliphatic rings. The van der Waals surface area contributed by atoms with Crippen LogP contribution < -0.4 is 5.32 Å². The average molecular weight is 338 g/mol. The van der Waals surface area contributed by atoms with Crippen molar-refractivity contribution in [1.29, 1.82) is 0 Å². The number of aryl methyl sites for hydroxylation is 2. The van der Waals surface area contributed by atoms with Gasteiger partial charge in [-0.2, -0.15) is 0 Å². The Morgan fingerprint density at radius 2 is 1.83 bits per heavy atom. The van der Waals surface area contributed by atoms with Gasteiger partial charge in [-0.25, -0.2) is 13.2 Å². The first-order valence-electron chi connectivity index (χ1n) is 8.30. The summed E-state index contributed by atoms with van der Waals surface area (Å²) in [6, 6.07) is 5.62. The lowest BCUT2D eigenvalue weighted by molar-refractivity contribution is 0.197. The van der Waals surface area contributed by atoms with Crippen LogP contribution in [-0.4, -0.2) is 43.4 Å². The molecule has 0 aliphatic carbocycles. The van der Waals surface area contributed by atoms with E-state index in [1.165, 1.54) is 0 Å². The number of rotatable bonds is 5. The fourth-order valence-corrected chi connectivity index (χ4v) is 4.90. The van der Waals surface area contributed by atoms with E-state index >= 15 is 0 Å². The number of amides is 2. The molecule has 0 saturated carbocycles. The number of carbonyl (C=O) groups is 1. The van der Waals surface area contributed by atoms with Crippen molar-refractivity contribution in [2.75, 3.05) is 23.4 Å². The fraction of sp³-hybridized carbons (Fsp3) is 0.588. The number of urea groups is 1. The van der Waals surface area contributed by atoms with Crippen molar-refractivity contribution in [3.05, 3.63) is 29.3 Å². The van der Waals surface area contributed by atoms with Gasteiger partial charge in [0.25, 0.3) is 0 Å². The number of benzene rings is 1. The topological polar surface area (TPSA) is 66.5 Å². The van der Waals surface area contributed by atoms with Gasteiger partial charge in [0.1, 0.15) is 0 Å². The largest absolute Gasteiger partial charge is 0.322 e. The van der Waals surface area contributed by atoms with E-state index in [0.717, 1.165) is 29.7 Å². The van der Waals surface area contributed by atoms with Crippen molar-refractivity contribution in [3.63, 3.8) is 0 Å². The highest BCUT2D eigenvalue weighted by Crippen LogP contribution is 2.24. The molecule has 1 aromatic rings. The third-order valence-electron chi connectivity index (χ3n) is 4.48. The Balaban J connectivity index is 2.20. The van der Waals surface area contributed by atoms with Gasteiger partial charge in [-0.3, -0.25) is 0 Å². The average Bonchev–Trinajstić information content (AvgIpc) is 2.88. The van der Waals surface area contributed by atoms with E-state index in [-0.39, 0.29) is 23.6 Å². The molecule has 128 valence electrons. The normalized spacial score (nSPS) is 19.5. The summed E-state index contributed by atoms with van der Waals surface area (Å²) >= 11 is 0. The zero-order chi connectivity index (χ0) is 17.0. The lowest BCUT2D eigenvalue weighted by Gasteiger charge is -2.28. The van der Waals surface area contributed by atoms with E-state index in [4.69, 9.17) is 0 Å². The molecular weight excluding hydrogens is 312 g/mol. The molecule has 0 aromatic heterocycles. The van der Waals surface area contributed by atoms with Crippen molar-refractivity contribution in [2.24, 2.45) is 0 Å². The molecule has 1 unspecified atom stereocenters. The predicted molar refractivity (Wildman–Crippen MR) is 93.7 cm³/mol. The summed E-state index contributed by atoms with van der Waals surface area (Å²) in [6.45, 7) is 6.51. The predicted octanol–water partition coefficient (Wildman–Crippen LogP) is 2.85. The smallest absolute Gasteiger partial charge is 0.321 e. The van der Waals surface area contributed by atoms with Crippen LogP contribution in [0.2, 0.25) is 0 Å². The van der Waals surface area contributed by atoms with Crippen LogP contribution >= 0.6 is 0 Å². The molecule has 1 N–H and O–H groups in total. The molecule has 1 saturated heterocycles. The first-order chi connectivity index (χ1) is 10.9. The van der Waals surface area contributed by atoms with Crippen molar-refractivity contribution >= 4 is 21.6 Å². The summed E-state index contributed by atoms with van der Waals surface area (Å²) in [6.07, 6.45) is 2.21. The fourth-order valence-electron chi connectivity index (χ4n) is 3.17. The van der Waals surface area contributed by atoms with Crippen LogP contribution in [0.4, 0.5) is 10.5 Å². The van der Waals surface area contributed by atoms with Crippen molar-refractivity contribution < 1.29 is 13.2 Å². The Hall–Kier alpha value is -1.56. The quantitative estimate of drug-likeness (QED) is 0.898. The Kier molecular flexibility index (Phi) is 5.68. The summed E-state index contributed by atoms with van der Waals surface area (Å²) in [5, 5.41) is 3.03. The molecule has 2 amide bonds. The van der Waals surface area contributed by atoms with E-state index in [2.05, 4.69) is 19.2 Å². The number of sulfone groups is 1. The van der Waals surface area contributed by atoms with Crippen molar-refractivity contribution in [2.45, 2.75) is 46.1 Å². The van der Waals surface area contributed by atoms with Gasteiger partial charge in [-0.15, -0.1) is 0 Å². The van der Waals surface area contributed by atoms with E-state index < -0.39 is 9.84 Å². The molecule has 0 radical (unpaired) electrons. The van der Waals surface area contributed by atoms with E-state index in [9.17, 15) is 13.2 Å². The van der Waals surface area contributed by atoms with Crippen molar-refractivity contribution in [3.8, 4) is 0 Å². The van der Waals surface area contributed by atoms with Crippen molar-refractivity contribution in [1.82, 2.24) is 4.90 Å². The minimum Gasteiger partial charge on any atom is -0.321 e. The zero-order valence-corrected chi connectivity index (χ0v) is 14.9. The monoisotopic (exact) mass is 338 g/mol. The van der Waals surface area contributed by atoms with E-state index in [1.807, 2.05) is 25.1 Å². The van der Waals surface area contributed by atoms with Crippen LogP contribution in [0.1, 0.15) is 38.3 Å². The third kappa shape index (κ3) is 4.05. The number of carbonyl (C=O) groups excluding carboxylic acids is 1. The van der Waals surface area contributed by atoms with Gasteiger partial charge in [-0.1, -0.05) is 32.0 Å². The maximum absolute atomic E-state index is 12.7. The zero-order valence-electron chi connectivity index (χ0n) is 14.1. The molecule has 6 heteroatoms. The third-order valence-corrected chi connectivity index (χ3v) is 6.23. The highest BCUT2D eigenvalue weighted by molar-refractivity contribution is 7.91. The van der Waals surface area contributed by atoms with Crippen LogP contribution in [0.15, 0.2) is 18.2 Å². The highest BCUT2D eigenvalue weighted by atomic mass is 32.2. The lowest BCUT2D eigenvalue weighted by Crippen LogP contribution is -2.43. The van der Waals surface area contributed by atoms with Crippen LogP contribution in [0.25, 0.3) is 0 Å². The second-order valence-electron chi connectivity index (χ2n) is 5.93. The highest BCUT2D eigenvalue weighted by Gasteiger charge is 2.34. The minimum absolute atomic E-state index is 0.0737. The number of hydrogen-bond donors (Lipinski definition) is 1. The standard InChI is InChI=1S/C17H26N2O3S/c1-4-13-8-7-9-14(5-2)16(13)18-17(20)19(6-3)15-10-11-23(21,22)12-15/h7-9,15H,4-6,10-12H2,1-3H3,(H,18,20). The molecule has 1 atom stereocenters. The molecule has 1 aromatic carbocycles. The first kappa shape index (κ1) is 17.8. The van der Waals surface area contributed by atoms with Gasteiger partial charge < -0.3 is 10.2 Å². The van der Waals surface area contributed by atoms with Gasteiger partial charge in [0.15, 0.2) is 9.84 Å². The molecule has 0 bridgehead atoms. The Morgan fingerprint density at radius 3 is 2.26 bits per heavy atom. The molecule has 5 nitrogen and oxygen atoms in total. The second-order valence-corrected chi connectivity index (χ2v) is 8.16. The summed E-state index contributed by atoms with van der Waals surface area (Å²) in [4.78, 5) is 14.3. The van der Waals surface area contributed by atoms with Gasteiger partial charge in [0.2, 0.25) is 0 Å². The summed E-state index contributed by atoms with van der Waals surface area (Å²) in [5.41, 5.74) is 3.09. The Morgan fingerprint density at radius 1 is 1.22 bits per heavy atom.